The summed E-state index contributed by atoms with van der Waals surface area (Å²) in [6.07, 6.45) is 0.799. The lowest BCUT2D eigenvalue weighted by Gasteiger charge is -1.90. The fourth-order valence-electron chi connectivity index (χ4n) is 0.736. The largest absolute Gasteiger partial charge is 0.391 e. The Kier molecular flexibility index (Phi) is 1.73. The zero-order chi connectivity index (χ0) is 9.30. The molecule has 0 aliphatic carbocycles. The standard InChI is InChI=1S/C4H4N4O4/c1-3-4(7(9)10)5-2-6(3)8(11)12/h2H,1H3. The lowest BCUT2D eigenvalue weighted by atomic mass is 10.5. The van der Waals surface area contributed by atoms with Crippen LogP contribution < -0.4 is 0 Å². The van der Waals surface area contributed by atoms with Gasteiger partial charge >= 0.3 is 5.82 Å². The van der Waals surface area contributed by atoms with E-state index in [1.807, 2.05) is 0 Å². The topological polar surface area (TPSA) is 104 Å². The normalized spacial score (nSPS) is 9.75. The van der Waals surface area contributed by atoms with Crippen LogP contribution >= 0.6 is 0 Å². The molecule has 1 aromatic rings. The van der Waals surface area contributed by atoms with Crippen LogP contribution in [-0.2, 0) is 0 Å². The van der Waals surface area contributed by atoms with Crippen molar-refractivity contribution in [3.8, 4) is 0 Å². The van der Waals surface area contributed by atoms with E-state index in [0.29, 0.717) is 4.68 Å². The molecule has 1 aromatic heterocycles. The molecule has 8 nitrogen and oxygen atoms in total. The Hall–Kier alpha value is -1.99. The first-order chi connectivity index (χ1) is 5.54. The van der Waals surface area contributed by atoms with E-state index in [2.05, 4.69) is 4.98 Å². The molecule has 1 rings (SSSR count). The quantitative estimate of drug-likeness (QED) is 0.466. The first kappa shape index (κ1) is 8.11. The molecule has 0 bridgehead atoms. The minimum Gasteiger partial charge on any atom is -0.358 e. The van der Waals surface area contributed by atoms with Gasteiger partial charge in [-0.05, 0) is 21.5 Å². The van der Waals surface area contributed by atoms with E-state index in [-0.39, 0.29) is 5.69 Å². The number of hydrogen-bond donors (Lipinski definition) is 0. The van der Waals surface area contributed by atoms with Crippen molar-refractivity contribution in [1.29, 1.82) is 0 Å². The second kappa shape index (κ2) is 2.57. The molecule has 1 heterocycles. The monoisotopic (exact) mass is 172 g/mol. The Morgan fingerprint density at radius 3 is 2.33 bits per heavy atom. The molecule has 0 atom stereocenters. The lowest BCUT2D eigenvalue weighted by molar-refractivity contribution is -0.544. The molecule has 64 valence electrons. The molecule has 0 N–H and O–H groups in total. The highest BCUT2D eigenvalue weighted by molar-refractivity contribution is 5.24. The molecule has 0 saturated heterocycles. The van der Waals surface area contributed by atoms with Gasteiger partial charge in [0.2, 0.25) is 0 Å². The fourth-order valence-corrected chi connectivity index (χ4v) is 0.736. The van der Waals surface area contributed by atoms with E-state index in [9.17, 15) is 20.2 Å². The van der Waals surface area contributed by atoms with E-state index >= 15 is 0 Å². The van der Waals surface area contributed by atoms with E-state index in [1.165, 1.54) is 6.92 Å². The van der Waals surface area contributed by atoms with Gasteiger partial charge in [-0.3, -0.25) is 0 Å². The zero-order valence-corrected chi connectivity index (χ0v) is 6.00. The summed E-state index contributed by atoms with van der Waals surface area (Å²) in [4.78, 5) is 22.8. The number of nitrogens with zero attached hydrogens (tertiary/aromatic N) is 4. The van der Waals surface area contributed by atoms with Crippen LogP contribution in [0, 0.1) is 27.2 Å². The Balaban J connectivity index is 3.22. The number of hydrogen-bond acceptors (Lipinski definition) is 5. The molecular formula is C4H4N4O4. The summed E-state index contributed by atoms with van der Waals surface area (Å²) in [6.45, 7) is 1.26. The maximum absolute atomic E-state index is 10.2. The maximum Gasteiger partial charge on any atom is 0.391 e. The third-order valence-electron chi connectivity index (χ3n) is 1.31. The minimum atomic E-state index is -0.782. The van der Waals surface area contributed by atoms with Crippen molar-refractivity contribution >= 4 is 5.82 Å². The SMILES string of the molecule is Cc1c([N+](=O)[O-])ncn1[N+](=O)[O-]. The van der Waals surface area contributed by atoms with Gasteiger partial charge in [0, 0.05) is 0 Å². The third kappa shape index (κ3) is 1.09. The lowest BCUT2D eigenvalue weighted by Crippen LogP contribution is -2.08. The molecule has 0 spiro atoms. The maximum atomic E-state index is 10.2. The summed E-state index contributed by atoms with van der Waals surface area (Å²) in [6, 6.07) is 0. The highest BCUT2D eigenvalue weighted by Crippen LogP contribution is 2.13. The van der Waals surface area contributed by atoms with Gasteiger partial charge in [-0.15, -0.1) is 0 Å². The summed E-state index contributed by atoms with van der Waals surface area (Å²) in [5, 5.41) is 19.5. The summed E-state index contributed by atoms with van der Waals surface area (Å²) in [5.74, 6) is -0.494. The predicted octanol–water partition coefficient (Wildman–Crippen LogP) is 0.140. The van der Waals surface area contributed by atoms with Crippen LogP contribution in [0.5, 0.6) is 0 Å². The van der Waals surface area contributed by atoms with Crippen LogP contribution in [0.3, 0.4) is 0 Å². The highest BCUT2D eigenvalue weighted by atomic mass is 16.7. The van der Waals surface area contributed by atoms with Crippen molar-refractivity contribution in [1.82, 2.24) is 9.66 Å². The fraction of sp³-hybridized carbons (Fsp3) is 0.250. The molecule has 0 unspecified atom stereocenters. The average Bonchev–Trinajstić information content (AvgIpc) is 2.30. The number of aromatic nitrogens is 2. The van der Waals surface area contributed by atoms with Crippen LogP contribution in [0.1, 0.15) is 5.69 Å². The Labute approximate surface area is 65.7 Å². The van der Waals surface area contributed by atoms with Crippen molar-refractivity contribution in [3.05, 3.63) is 32.2 Å². The van der Waals surface area contributed by atoms with Crippen LogP contribution in [0.4, 0.5) is 5.82 Å². The second-order valence-corrected chi connectivity index (χ2v) is 1.99. The van der Waals surface area contributed by atoms with Crippen LogP contribution in [0.25, 0.3) is 0 Å². The molecule has 0 fully saturated rings. The van der Waals surface area contributed by atoms with E-state index in [4.69, 9.17) is 0 Å². The molecule has 0 radical (unpaired) electrons. The third-order valence-corrected chi connectivity index (χ3v) is 1.31. The highest BCUT2D eigenvalue weighted by Gasteiger charge is 2.22. The Morgan fingerprint density at radius 2 is 2.08 bits per heavy atom. The molecule has 0 aromatic carbocycles. The summed E-state index contributed by atoms with van der Waals surface area (Å²) >= 11 is 0. The van der Waals surface area contributed by atoms with E-state index in [1.54, 1.807) is 0 Å². The molecule has 0 saturated carbocycles. The van der Waals surface area contributed by atoms with Crippen molar-refractivity contribution in [2.45, 2.75) is 6.92 Å². The zero-order valence-electron chi connectivity index (χ0n) is 6.00. The van der Waals surface area contributed by atoms with Gasteiger partial charge in [0.25, 0.3) is 6.33 Å². The molecule has 12 heavy (non-hydrogen) atoms. The molecule has 0 amide bonds. The number of imidazole rings is 1. The van der Waals surface area contributed by atoms with E-state index in [0.717, 1.165) is 6.33 Å². The van der Waals surface area contributed by atoms with Gasteiger partial charge in [0.1, 0.15) is 0 Å². The predicted molar refractivity (Wildman–Crippen MR) is 36.0 cm³/mol. The van der Waals surface area contributed by atoms with Gasteiger partial charge in [0.05, 0.1) is 0 Å². The van der Waals surface area contributed by atoms with Crippen molar-refractivity contribution in [2.24, 2.45) is 0 Å². The van der Waals surface area contributed by atoms with Crippen molar-refractivity contribution in [3.63, 3.8) is 0 Å². The minimum absolute atomic E-state index is 0.0926. The molecule has 0 aliphatic rings. The first-order valence-corrected chi connectivity index (χ1v) is 2.87. The molecular weight excluding hydrogens is 168 g/mol. The summed E-state index contributed by atoms with van der Waals surface area (Å²) in [7, 11) is 0. The second-order valence-electron chi connectivity index (χ2n) is 1.99. The van der Waals surface area contributed by atoms with E-state index < -0.39 is 15.8 Å². The van der Waals surface area contributed by atoms with Gasteiger partial charge in [0.15, 0.2) is 10.7 Å². The molecule has 0 aliphatic heterocycles. The van der Waals surface area contributed by atoms with Gasteiger partial charge in [-0.1, -0.05) is 0 Å². The van der Waals surface area contributed by atoms with Crippen LogP contribution in [0.2, 0.25) is 0 Å². The van der Waals surface area contributed by atoms with Gasteiger partial charge in [-0.25, -0.2) is 10.1 Å². The Morgan fingerprint density at radius 1 is 1.50 bits per heavy atom. The number of rotatable bonds is 2. The summed E-state index contributed by atoms with van der Waals surface area (Å²) < 4.78 is 0.498. The molecule has 8 heteroatoms. The smallest absolute Gasteiger partial charge is 0.358 e. The first-order valence-electron chi connectivity index (χ1n) is 2.87. The Bertz CT molecular complexity index is 311. The summed E-state index contributed by atoms with van der Waals surface area (Å²) in [5.41, 5.74) is -0.0926. The van der Waals surface area contributed by atoms with Crippen LogP contribution in [0.15, 0.2) is 6.33 Å². The number of nitro groups is 2. The van der Waals surface area contributed by atoms with Gasteiger partial charge in [-0.2, -0.15) is 0 Å². The van der Waals surface area contributed by atoms with Gasteiger partial charge < -0.3 is 10.1 Å². The average molecular weight is 172 g/mol. The van der Waals surface area contributed by atoms with Crippen LogP contribution in [-0.4, -0.2) is 19.6 Å². The van der Waals surface area contributed by atoms with Crippen molar-refractivity contribution in [2.75, 3.05) is 0 Å². The van der Waals surface area contributed by atoms with Crippen molar-refractivity contribution < 1.29 is 9.96 Å².